The van der Waals surface area contributed by atoms with E-state index in [1.54, 1.807) is 36.4 Å². The normalized spacial score (nSPS) is 10.6. The lowest BCUT2D eigenvalue weighted by atomic mass is 10.1. The van der Waals surface area contributed by atoms with Gasteiger partial charge in [0.05, 0.1) is 5.56 Å². The van der Waals surface area contributed by atoms with Crippen molar-refractivity contribution in [3.05, 3.63) is 77.1 Å². The molecule has 0 fully saturated rings. The van der Waals surface area contributed by atoms with Crippen molar-refractivity contribution in [2.45, 2.75) is 0 Å². The predicted molar refractivity (Wildman–Crippen MR) is 71.6 cm³/mol. The maximum Gasteiger partial charge on any atom is 0.188 e. The van der Waals surface area contributed by atoms with Crippen molar-refractivity contribution >= 4 is 18.1 Å². The lowest BCUT2D eigenvalue weighted by Crippen LogP contribution is -1.97. The lowest BCUT2D eigenvalue weighted by Gasteiger charge is -1.97. The van der Waals surface area contributed by atoms with E-state index in [2.05, 4.69) is 0 Å². The molecule has 0 aliphatic rings. The molecule has 19 heavy (non-hydrogen) atoms. The monoisotopic (exact) mass is 254 g/mol. The summed E-state index contributed by atoms with van der Waals surface area (Å²) < 4.78 is 13.4. The van der Waals surface area contributed by atoms with E-state index in [0.717, 1.165) is 11.8 Å². The van der Waals surface area contributed by atoms with Gasteiger partial charge in [-0.2, -0.15) is 0 Å². The van der Waals surface area contributed by atoms with Gasteiger partial charge in [-0.25, -0.2) is 4.39 Å². The number of aldehydes is 1. The molecule has 2 aromatic rings. The number of halogens is 1. The zero-order valence-electron chi connectivity index (χ0n) is 10.0. The summed E-state index contributed by atoms with van der Waals surface area (Å²) in [5.41, 5.74) is 1.39. The van der Waals surface area contributed by atoms with E-state index in [1.165, 1.54) is 24.3 Å². The molecule has 0 saturated heterocycles. The molecule has 0 aliphatic heterocycles. The minimum atomic E-state index is -0.534. The van der Waals surface area contributed by atoms with Crippen LogP contribution in [0.2, 0.25) is 0 Å². The molecule has 0 bridgehead atoms. The molecule has 0 amide bonds. The van der Waals surface area contributed by atoms with Gasteiger partial charge in [-0.05, 0) is 23.8 Å². The summed E-state index contributed by atoms with van der Waals surface area (Å²) in [6, 6.07) is 12.6. The molecular weight excluding hydrogens is 243 g/mol. The Hall–Kier alpha value is -2.55. The highest BCUT2D eigenvalue weighted by atomic mass is 19.1. The molecular formula is C16H11FO2. The number of benzene rings is 2. The van der Waals surface area contributed by atoms with Gasteiger partial charge in [-0.15, -0.1) is 0 Å². The first-order valence-corrected chi connectivity index (χ1v) is 5.73. The summed E-state index contributed by atoms with van der Waals surface area (Å²) in [6.45, 7) is 0. The number of carbonyl (C=O) groups excluding carboxylic acids is 2. The average Bonchev–Trinajstić information content (AvgIpc) is 2.46. The maximum atomic E-state index is 13.4. The van der Waals surface area contributed by atoms with Gasteiger partial charge in [0.15, 0.2) is 5.78 Å². The second-order valence-corrected chi connectivity index (χ2v) is 3.96. The Morgan fingerprint density at radius 3 is 2.21 bits per heavy atom. The van der Waals surface area contributed by atoms with Gasteiger partial charge >= 0.3 is 0 Å². The van der Waals surface area contributed by atoms with Gasteiger partial charge in [0.25, 0.3) is 0 Å². The first-order valence-electron chi connectivity index (χ1n) is 5.73. The van der Waals surface area contributed by atoms with E-state index >= 15 is 0 Å². The second kappa shape index (κ2) is 5.87. The van der Waals surface area contributed by atoms with Crippen LogP contribution in [0, 0.1) is 5.82 Å². The first-order chi connectivity index (χ1) is 9.20. The maximum absolute atomic E-state index is 13.4. The number of rotatable bonds is 4. The Bertz CT molecular complexity index is 627. The topological polar surface area (TPSA) is 34.1 Å². The highest BCUT2D eigenvalue weighted by Crippen LogP contribution is 2.10. The summed E-state index contributed by atoms with van der Waals surface area (Å²) in [6.07, 6.45) is 3.65. The Morgan fingerprint density at radius 2 is 1.58 bits per heavy atom. The van der Waals surface area contributed by atoms with E-state index in [1.807, 2.05) is 0 Å². The number of hydrogen-bond donors (Lipinski definition) is 0. The van der Waals surface area contributed by atoms with E-state index in [4.69, 9.17) is 0 Å². The van der Waals surface area contributed by atoms with Crippen LogP contribution in [0.1, 0.15) is 26.3 Å². The summed E-state index contributed by atoms with van der Waals surface area (Å²) in [7, 11) is 0. The molecule has 2 rings (SSSR count). The molecule has 0 unspecified atom stereocenters. The third kappa shape index (κ3) is 3.22. The Morgan fingerprint density at radius 1 is 0.947 bits per heavy atom. The van der Waals surface area contributed by atoms with Gasteiger partial charge < -0.3 is 0 Å². The van der Waals surface area contributed by atoms with Crippen molar-refractivity contribution in [2.75, 3.05) is 0 Å². The molecule has 0 spiro atoms. The van der Waals surface area contributed by atoms with Crippen molar-refractivity contribution in [3.63, 3.8) is 0 Å². The van der Waals surface area contributed by atoms with Crippen LogP contribution in [0.5, 0.6) is 0 Å². The molecule has 0 saturated carbocycles. The summed E-state index contributed by atoms with van der Waals surface area (Å²) in [5, 5.41) is 0. The van der Waals surface area contributed by atoms with Crippen LogP contribution in [0.4, 0.5) is 4.39 Å². The molecule has 2 nitrogen and oxygen atoms in total. The molecule has 0 aliphatic carbocycles. The Kier molecular flexibility index (Phi) is 3.98. The van der Waals surface area contributed by atoms with Crippen molar-refractivity contribution in [2.24, 2.45) is 0 Å². The fourth-order valence-electron chi connectivity index (χ4n) is 1.61. The van der Waals surface area contributed by atoms with Crippen molar-refractivity contribution in [1.82, 2.24) is 0 Å². The van der Waals surface area contributed by atoms with Gasteiger partial charge in [-0.3, -0.25) is 9.59 Å². The lowest BCUT2D eigenvalue weighted by molar-refractivity contribution is 0.104. The fraction of sp³-hybridized carbons (Fsp3) is 0. The third-order valence-electron chi connectivity index (χ3n) is 2.64. The van der Waals surface area contributed by atoms with Crippen LogP contribution in [-0.4, -0.2) is 12.1 Å². The van der Waals surface area contributed by atoms with Crippen LogP contribution in [0.25, 0.3) is 6.08 Å². The third-order valence-corrected chi connectivity index (χ3v) is 2.64. The van der Waals surface area contributed by atoms with Crippen molar-refractivity contribution in [1.29, 1.82) is 0 Å². The number of ketones is 1. The van der Waals surface area contributed by atoms with Gasteiger partial charge in [-0.1, -0.05) is 42.5 Å². The van der Waals surface area contributed by atoms with Crippen LogP contribution >= 0.6 is 0 Å². The predicted octanol–water partition coefficient (Wildman–Crippen LogP) is 3.53. The van der Waals surface area contributed by atoms with E-state index in [0.29, 0.717) is 5.56 Å². The molecule has 0 atom stereocenters. The van der Waals surface area contributed by atoms with Crippen LogP contribution < -0.4 is 0 Å². The Balaban J connectivity index is 2.16. The van der Waals surface area contributed by atoms with Crippen LogP contribution in [0.15, 0.2) is 54.6 Å². The smallest absolute Gasteiger partial charge is 0.188 e. The zero-order chi connectivity index (χ0) is 13.7. The quantitative estimate of drug-likeness (QED) is 0.475. The average molecular weight is 254 g/mol. The minimum Gasteiger partial charge on any atom is -0.298 e. The van der Waals surface area contributed by atoms with E-state index < -0.39 is 11.6 Å². The van der Waals surface area contributed by atoms with Gasteiger partial charge in [0.1, 0.15) is 12.1 Å². The molecule has 3 heteroatoms. The highest BCUT2D eigenvalue weighted by molar-refractivity contribution is 6.06. The number of carbonyl (C=O) groups is 2. The number of allylic oxidation sites excluding steroid dienone is 1. The van der Waals surface area contributed by atoms with Crippen LogP contribution in [-0.2, 0) is 0 Å². The minimum absolute atomic E-state index is 0.0447. The SMILES string of the molecule is O=Cc1ccc(/C=C/C(=O)c2ccccc2F)cc1. The summed E-state index contributed by atoms with van der Waals surface area (Å²) in [4.78, 5) is 22.3. The largest absolute Gasteiger partial charge is 0.298 e. The summed E-state index contributed by atoms with van der Waals surface area (Å²) in [5.74, 6) is -0.925. The van der Waals surface area contributed by atoms with Crippen molar-refractivity contribution in [3.8, 4) is 0 Å². The Labute approximate surface area is 110 Å². The summed E-state index contributed by atoms with van der Waals surface area (Å²) >= 11 is 0. The number of hydrogen-bond acceptors (Lipinski definition) is 2. The zero-order valence-corrected chi connectivity index (χ0v) is 10.0. The molecule has 0 aromatic heterocycles. The van der Waals surface area contributed by atoms with Gasteiger partial charge in [0, 0.05) is 5.56 Å². The van der Waals surface area contributed by atoms with Crippen molar-refractivity contribution < 1.29 is 14.0 Å². The van der Waals surface area contributed by atoms with E-state index in [-0.39, 0.29) is 5.56 Å². The first kappa shape index (κ1) is 12.9. The molecule has 0 heterocycles. The molecule has 94 valence electrons. The molecule has 2 aromatic carbocycles. The molecule has 0 N–H and O–H groups in total. The highest BCUT2D eigenvalue weighted by Gasteiger charge is 2.06. The standard InChI is InChI=1S/C16H11FO2/c17-15-4-2-1-3-14(15)16(19)10-9-12-5-7-13(11-18)8-6-12/h1-11H/b10-9+. The molecule has 0 radical (unpaired) electrons. The van der Waals surface area contributed by atoms with E-state index in [9.17, 15) is 14.0 Å². The fourth-order valence-corrected chi connectivity index (χ4v) is 1.61. The second-order valence-electron chi connectivity index (χ2n) is 3.96. The van der Waals surface area contributed by atoms with Crippen LogP contribution in [0.3, 0.4) is 0 Å². The van der Waals surface area contributed by atoms with Gasteiger partial charge in [0.2, 0.25) is 0 Å².